The van der Waals surface area contributed by atoms with Crippen molar-refractivity contribution in [3.63, 3.8) is 0 Å². The Morgan fingerprint density at radius 3 is 2.78 bits per heavy atom. The third kappa shape index (κ3) is 3.59. The summed E-state index contributed by atoms with van der Waals surface area (Å²) in [7, 11) is 0. The fraction of sp³-hybridized carbons (Fsp3) is 0.692. The van der Waals surface area contributed by atoms with Crippen LogP contribution in [0.2, 0.25) is 0 Å². The molecule has 2 fully saturated rings. The number of nitro groups is 1. The predicted octanol–water partition coefficient (Wildman–Crippen LogP) is 0.394. The van der Waals surface area contributed by atoms with Crippen LogP contribution in [-0.4, -0.2) is 60.5 Å². The first-order valence-electron chi connectivity index (χ1n) is 7.65. The minimum absolute atomic E-state index is 0.0395. The number of nitrogens with two attached hydrogens (primary N) is 1. The van der Waals surface area contributed by atoms with Gasteiger partial charge < -0.3 is 25.4 Å². The van der Waals surface area contributed by atoms with Crippen LogP contribution < -0.4 is 16.0 Å². The molecule has 0 bridgehead atoms. The van der Waals surface area contributed by atoms with Gasteiger partial charge in [0.05, 0.1) is 24.2 Å². The van der Waals surface area contributed by atoms with Crippen LogP contribution in [0.25, 0.3) is 0 Å². The highest BCUT2D eigenvalue weighted by Gasteiger charge is 2.26. The van der Waals surface area contributed by atoms with Crippen molar-refractivity contribution in [2.24, 2.45) is 0 Å². The third-order valence-corrected chi connectivity index (χ3v) is 3.90. The van der Waals surface area contributed by atoms with Crippen molar-refractivity contribution in [1.29, 1.82) is 0 Å². The second kappa shape index (κ2) is 6.92. The number of aromatic nitrogens is 2. The van der Waals surface area contributed by atoms with Crippen molar-refractivity contribution in [1.82, 2.24) is 9.97 Å². The lowest BCUT2D eigenvalue weighted by Gasteiger charge is -2.27. The average Bonchev–Trinajstić information content (AvgIpc) is 3.06. The third-order valence-electron chi connectivity index (χ3n) is 3.90. The Morgan fingerprint density at radius 2 is 2.13 bits per heavy atom. The molecule has 3 heterocycles. The van der Waals surface area contributed by atoms with E-state index in [4.69, 9.17) is 15.2 Å². The lowest BCUT2D eigenvalue weighted by atomic mass is 10.2. The SMILES string of the molecule is Nc1nc(N2CCOCC2)nc(NCC2CCCO2)c1[N+](=O)[O-]. The number of nitrogens with one attached hydrogen (secondary N) is 1. The second-order valence-electron chi connectivity index (χ2n) is 5.48. The van der Waals surface area contributed by atoms with Crippen LogP contribution in [0.15, 0.2) is 0 Å². The molecule has 1 aromatic heterocycles. The van der Waals surface area contributed by atoms with Crippen molar-refractivity contribution >= 4 is 23.3 Å². The van der Waals surface area contributed by atoms with Crippen molar-refractivity contribution in [3.05, 3.63) is 10.1 Å². The average molecular weight is 324 g/mol. The topological polar surface area (TPSA) is 129 Å². The summed E-state index contributed by atoms with van der Waals surface area (Å²) >= 11 is 0. The minimum Gasteiger partial charge on any atom is -0.378 e. The van der Waals surface area contributed by atoms with E-state index in [2.05, 4.69) is 15.3 Å². The summed E-state index contributed by atoms with van der Waals surface area (Å²) in [5.41, 5.74) is 5.50. The summed E-state index contributed by atoms with van der Waals surface area (Å²) in [6, 6.07) is 0. The molecule has 0 spiro atoms. The van der Waals surface area contributed by atoms with Gasteiger partial charge in [-0.1, -0.05) is 0 Å². The summed E-state index contributed by atoms with van der Waals surface area (Å²) in [6.07, 6.45) is 1.97. The van der Waals surface area contributed by atoms with Gasteiger partial charge in [-0.05, 0) is 12.8 Å². The second-order valence-corrected chi connectivity index (χ2v) is 5.48. The van der Waals surface area contributed by atoms with E-state index in [1.54, 1.807) is 0 Å². The Hall–Kier alpha value is -2.20. The molecule has 2 aliphatic rings. The van der Waals surface area contributed by atoms with Crippen LogP contribution in [0.1, 0.15) is 12.8 Å². The Morgan fingerprint density at radius 1 is 1.35 bits per heavy atom. The Kier molecular flexibility index (Phi) is 4.72. The standard InChI is InChI=1S/C13H20N6O4/c14-11-10(19(20)21)12(15-8-9-2-1-5-23-9)17-13(16-11)18-3-6-22-7-4-18/h9H,1-8H2,(H3,14,15,16,17). The first-order chi connectivity index (χ1) is 11.1. The smallest absolute Gasteiger partial charge is 0.353 e. The lowest BCUT2D eigenvalue weighted by molar-refractivity contribution is -0.383. The highest BCUT2D eigenvalue weighted by Crippen LogP contribution is 2.30. The van der Waals surface area contributed by atoms with Crippen LogP contribution in [0.4, 0.5) is 23.3 Å². The van der Waals surface area contributed by atoms with E-state index < -0.39 is 4.92 Å². The molecule has 1 unspecified atom stereocenters. The van der Waals surface area contributed by atoms with Gasteiger partial charge in [0.15, 0.2) is 0 Å². The molecule has 23 heavy (non-hydrogen) atoms. The van der Waals surface area contributed by atoms with Gasteiger partial charge in [-0.2, -0.15) is 9.97 Å². The first-order valence-corrected chi connectivity index (χ1v) is 7.65. The number of nitrogens with zero attached hydrogens (tertiary/aromatic N) is 4. The van der Waals surface area contributed by atoms with E-state index in [1.807, 2.05) is 4.90 Å². The van der Waals surface area contributed by atoms with Crippen molar-refractivity contribution in [2.75, 3.05) is 55.4 Å². The summed E-state index contributed by atoms with van der Waals surface area (Å²) in [6.45, 7) is 3.57. The van der Waals surface area contributed by atoms with Gasteiger partial charge in [-0.15, -0.1) is 0 Å². The molecular weight excluding hydrogens is 304 g/mol. The molecule has 10 heteroatoms. The van der Waals surface area contributed by atoms with Crippen molar-refractivity contribution in [2.45, 2.75) is 18.9 Å². The van der Waals surface area contributed by atoms with E-state index >= 15 is 0 Å². The number of hydrogen-bond acceptors (Lipinski definition) is 9. The molecular formula is C13H20N6O4. The van der Waals surface area contributed by atoms with E-state index in [0.717, 1.165) is 19.4 Å². The van der Waals surface area contributed by atoms with Gasteiger partial charge in [0.1, 0.15) is 0 Å². The number of anilines is 3. The fourth-order valence-corrected chi connectivity index (χ4v) is 2.68. The van der Waals surface area contributed by atoms with Gasteiger partial charge in [-0.25, -0.2) is 0 Å². The van der Waals surface area contributed by atoms with Crippen molar-refractivity contribution in [3.8, 4) is 0 Å². The summed E-state index contributed by atoms with van der Waals surface area (Å²) in [5, 5.41) is 14.3. The highest BCUT2D eigenvalue weighted by molar-refractivity contribution is 5.70. The van der Waals surface area contributed by atoms with E-state index in [1.165, 1.54) is 0 Å². The maximum absolute atomic E-state index is 11.3. The zero-order valence-electron chi connectivity index (χ0n) is 12.7. The Balaban J connectivity index is 1.83. The fourth-order valence-electron chi connectivity index (χ4n) is 2.68. The summed E-state index contributed by atoms with van der Waals surface area (Å²) < 4.78 is 10.8. The minimum atomic E-state index is -0.559. The normalized spacial score (nSPS) is 21.4. The molecule has 3 N–H and O–H groups in total. The van der Waals surface area contributed by atoms with Crippen LogP contribution in [-0.2, 0) is 9.47 Å². The highest BCUT2D eigenvalue weighted by atomic mass is 16.6. The molecule has 0 saturated carbocycles. The number of hydrogen-bond donors (Lipinski definition) is 2. The molecule has 0 amide bonds. The van der Waals surface area contributed by atoms with Gasteiger partial charge >= 0.3 is 5.69 Å². The molecule has 0 radical (unpaired) electrons. The summed E-state index contributed by atoms with van der Waals surface area (Å²) in [4.78, 5) is 21.0. The Bertz CT molecular complexity index is 572. The summed E-state index contributed by atoms with van der Waals surface area (Å²) in [5.74, 6) is 0.382. The molecule has 2 aliphatic heterocycles. The van der Waals surface area contributed by atoms with Crippen LogP contribution in [0, 0.1) is 10.1 Å². The van der Waals surface area contributed by atoms with Crippen LogP contribution >= 0.6 is 0 Å². The number of nitrogen functional groups attached to an aromatic ring is 1. The largest absolute Gasteiger partial charge is 0.378 e. The quantitative estimate of drug-likeness (QED) is 0.583. The van der Waals surface area contributed by atoms with E-state index in [-0.39, 0.29) is 23.4 Å². The zero-order valence-corrected chi connectivity index (χ0v) is 12.7. The first kappa shape index (κ1) is 15.7. The van der Waals surface area contributed by atoms with Crippen molar-refractivity contribution < 1.29 is 14.4 Å². The van der Waals surface area contributed by atoms with Crippen LogP contribution in [0.5, 0.6) is 0 Å². The number of rotatable bonds is 5. The Labute approximate surface area is 133 Å². The van der Waals surface area contributed by atoms with Gasteiger partial charge in [-0.3, -0.25) is 10.1 Å². The molecule has 2 saturated heterocycles. The monoisotopic (exact) mass is 324 g/mol. The maximum Gasteiger partial charge on any atom is 0.353 e. The molecule has 126 valence electrons. The molecule has 1 atom stereocenters. The lowest BCUT2D eigenvalue weighted by Crippen LogP contribution is -2.37. The molecule has 0 aliphatic carbocycles. The molecule has 10 nitrogen and oxygen atoms in total. The zero-order chi connectivity index (χ0) is 16.2. The van der Waals surface area contributed by atoms with E-state index in [0.29, 0.717) is 38.8 Å². The number of morpholine rings is 1. The van der Waals surface area contributed by atoms with E-state index in [9.17, 15) is 10.1 Å². The van der Waals surface area contributed by atoms with Gasteiger partial charge in [0.25, 0.3) is 0 Å². The predicted molar refractivity (Wildman–Crippen MR) is 83.6 cm³/mol. The molecule has 0 aromatic carbocycles. The number of ether oxygens (including phenoxy) is 2. The molecule has 1 aromatic rings. The van der Waals surface area contributed by atoms with Crippen LogP contribution in [0.3, 0.4) is 0 Å². The van der Waals surface area contributed by atoms with Gasteiger partial charge in [0, 0.05) is 26.2 Å². The maximum atomic E-state index is 11.3. The molecule has 3 rings (SSSR count). The van der Waals surface area contributed by atoms with Gasteiger partial charge in [0.2, 0.25) is 17.6 Å².